The summed E-state index contributed by atoms with van der Waals surface area (Å²) in [6, 6.07) is 14.9. The third kappa shape index (κ3) is 3.95. The first-order chi connectivity index (χ1) is 16.1. The minimum atomic E-state index is -1.96. The quantitative estimate of drug-likeness (QED) is 0.449. The molecule has 0 unspecified atom stereocenters. The summed E-state index contributed by atoms with van der Waals surface area (Å²) in [7, 11) is 0. The maximum atomic E-state index is 13.6. The van der Waals surface area contributed by atoms with Gasteiger partial charge in [0.05, 0.1) is 12.1 Å². The van der Waals surface area contributed by atoms with Gasteiger partial charge in [0.15, 0.2) is 11.4 Å². The number of nitrogens with zero attached hydrogens (tertiary/aromatic N) is 1. The van der Waals surface area contributed by atoms with Crippen LogP contribution in [0.25, 0.3) is 0 Å². The van der Waals surface area contributed by atoms with Crippen LogP contribution in [-0.2, 0) is 16.8 Å². The maximum absolute atomic E-state index is 13.6. The first kappa shape index (κ1) is 24.2. The van der Waals surface area contributed by atoms with Gasteiger partial charge in [0, 0.05) is 22.7 Å². The molecule has 0 saturated carbocycles. The number of carbonyl (C=O) groups excluding carboxylic acids is 2. The molecule has 1 amide bonds. The molecular weight excluding hydrogens is 446 g/mol. The van der Waals surface area contributed by atoms with Gasteiger partial charge in [-0.3, -0.25) is 9.59 Å². The summed E-state index contributed by atoms with van der Waals surface area (Å²) in [5.41, 5.74) is 5.79. The van der Waals surface area contributed by atoms with Crippen LogP contribution in [0.2, 0.25) is 5.02 Å². The molecule has 1 aliphatic rings. The number of aliphatic hydroxyl groups is 1. The minimum absolute atomic E-state index is 0.243. The third-order valence-electron chi connectivity index (χ3n) is 7.46. The molecule has 0 radical (unpaired) electrons. The monoisotopic (exact) mass is 475 g/mol. The Hall–Kier alpha value is -2.95. The third-order valence-corrected chi connectivity index (χ3v) is 7.69. The molecule has 1 heterocycles. The Labute approximate surface area is 206 Å². The molecule has 1 aliphatic heterocycles. The van der Waals surface area contributed by atoms with Gasteiger partial charge in [-0.15, -0.1) is 0 Å². The minimum Gasteiger partial charge on any atom is -0.375 e. The predicted octanol–water partition coefficient (Wildman–Crippen LogP) is 5.93. The summed E-state index contributed by atoms with van der Waals surface area (Å²) in [6.45, 7) is 10.3. The first-order valence-corrected chi connectivity index (χ1v) is 11.9. The molecule has 0 saturated heterocycles. The summed E-state index contributed by atoms with van der Waals surface area (Å²) in [5, 5.41) is 12.2. The van der Waals surface area contributed by atoms with Crippen LogP contribution in [0.3, 0.4) is 0 Å². The topological polar surface area (TPSA) is 57.6 Å². The highest BCUT2D eigenvalue weighted by Crippen LogP contribution is 2.44. The summed E-state index contributed by atoms with van der Waals surface area (Å²) < 4.78 is 0. The summed E-state index contributed by atoms with van der Waals surface area (Å²) in [6.07, 6.45) is 0.303. The number of benzene rings is 3. The van der Waals surface area contributed by atoms with Crippen molar-refractivity contribution in [3.8, 4) is 0 Å². The van der Waals surface area contributed by atoms with Crippen molar-refractivity contribution in [2.24, 2.45) is 0 Å². The molecule has 0 spiro atoms. The number of amides is 1. The molecule has 0 bridgehead atoms. The van der Waals surface area contributed by atoms with E-state index in [9.17, 15) is 14.7 Å². The molecular formula is C29H30ClNO3. The highest BCUT2D eigenvalue weighted by Gasteiger charge is 2.51. The van der Waals surface area contributed by atoms with E-state index in [0.717, 1.165) is 33.4 Å². The van der Waals surface area contributed by atoms with Crippen LogP contribution in [-0.4, -0.2) is 23.3 Å². The van der Waals surface area contributed by atoms with Gasteiger partial charge < -0.3 is 10.0 Å². The van der Waals surface area contributed by atoms with E-state index in [2.05, 4.69) is 6.92 Å². The van der Waals surface area contributed by atoms with Crippen LogP contribution >= 0.6 is 11.6 Å². The van der Waals surface area contributed by atoms with Crippen molar-refractivity contribution in [3.05, 3.63) is 98.1 Å². The second-order valence-electron chi connectivity index (χ2n) is 9.31. The summed E-state index contributed by atoms with van der Waals surface area (Å²) >= 11 is 6.26. The lowest BCUT2D eigenvalue weighted by Crippen LogP contribution is -2.42. The number of hydrogen-bond acceptors (Lipinski definition) is 3. The molecule has 176 valence electrons. The van der Waals surface area contributed by atoms with Crippen molar-refractivity contribution >= 4 is 29.0 Å². The van der Waals surface area contributed by atoms with Crippen molar-refractivity contribution < 1.29 is 14.7 Å². The van der Waals surface area contributed by atoms with Crippen LogP contribution in [0.15, 0.2) is 48.5 Å². The fraction of sp³-hybridized carbons (Fsp3) is 0.310. The van der Waals surface area contributed by atoms with E-state index in [1.807, 2.05) is 58.0 Å². The smallest absolute Gasteiger partial charge is 0.264 e. The second-order valence-corrected chi connectivity index (χ2v) is 9.75. The lowest BCUT2D eigenvalue weighted by atomic mass is 9.82. The van der Waals surface area contributed by atoms with Gasteiger partial charge in [0.25, 0.3) is 5.91 Å². The zero-order chi connectivity index (χ0) is 24.8. The van der Waals surface area contributed by atoms with Crippen molar-refractivity contribution in [3.63, 3.8) is 0 Å². The lowest BCUT2D eigenvalue weighted by molar-refractivity contribution is -0.135. The van der Waals surface area contributed by atoms with E-state index in [4.69, 9.17) is 11.6 Å². The maximum Gasteiger partial charge on any atom is 0.264 e. The van der Waals surface area contributed by atoms with Crippen LogP contribution in [0.4, 0.5) is 5.69 Å². The predicted molar refractivity (Wildman–Crippen MR) is 137 cm³/mol. The van der Waals surface area contributed by atoms with Gasteiger partial charge in [0.2, 0.25) is 0 Å². The molecule has 0 aromatic heterocycles. The van der Waals surface area contributed by atoms with Gasteiger partial charge in [-0.1, -0.05) is 41.9 Å². The van der Waals surface area contributed by atoms with Gasteiger partial charge in [-0.05, 0) is 92.6 Å². The number of rotatable bonds is 6. The van der Waals surface area contributed by atoms with E-state index >= 15 is 0 Å². The van der Waals surface area contributed by atoms with E-state index < -0.39 is 11.5 Å². The van der Waals surface area contributed by atoms with Crippen LogP contribution in [0, 0.1) is 34.6 Å². The second kappa shape index (κ2) is 9.01. The highest BCUT2D eigenvalue weighted by molar-refractivity contribution is 6.31. The van der Waals surface area contributed by atoms with Crippen LogP contribution in [0.1, 0.15) is 55.7 Å². The fourth-order valence-corrected chi connectivity index (χ4v) is 5.21. The SMILES string of the molecule is Cc1c(C)c(C)c(C(=O)C[C@]2(O)C(=O)N(CCc3ccccc3)c3ccc(Cl)cc32)c(C)c1C. The van der Waals surface area contributed by atoms with Crippen molar-refractivity contribution in [2.45, 2.75) is 53.1 Å². The van der Waals surface area contributed by atoms with E-state index in [-0.39, 0.29) is 12.2 Å². The molecule has 0 aliphatic carbocycles. The molecule has 5 heteroatoms. The Morgan fingerprint density at radius 3 is 2.12 bits per heavy atom. The Bertz CT molecular complexity index is 1270. The fourth-order valence-electron chi connectivity index (χ4n) is 5.04. The number of ketones is 1. The Balaban J connectivity index is 1.71. The number of fused-ring (bicyclic) bond motifs is 1. The van der Waals surface area contributed by atoms with Crippen molar-refractivity contribution in [1.29, 1.82) is 0 Å². The van der Waals surface area contributed by atoms with E-state index in [1.54, 1.807) is 23.1 Å². The Kier molecular flexibility index (Phi) is 6.41. The number of hydrogen-bond donors (Lipinski definition) is 1. The largest absolute Gasteiger partial charge is 0.375 e. The molecule has 1 N–H and O–H groups in total. The normalized spacial score (nSPS) is 17.3. The molecule has 1 atom stereocenters. The summed E-state index contributed by atoms with van der Waals surface area (Å²) in [4.78, 5) is 28.8. The number of anilines is 1. The van der Waals surface area contributed by atoms with Gasteiger partial charge >= 0.3 is 0 Å². The van der Waals surface area contributed by atoms with Crippen molar-refractivity contribution in [1.82, 2.24) is 0 Å². The molecule has 0 fully saturated rings. The molecule has 3 aromatic carbocycles. The zero-order valence-electron chi connectivity index (χ0n) is 20.3. The molecule has 3 aromatic rings. The lowest BCUT2D eigenvalue weighted by Gasteiger charge is -2.24. The average molecular weight is 476 g/mol. The Morgan fingerprint density at radius 2 is 1.50 bits per heavy atom. The van der Waals surface area contributed by atoms with Crippen LogP contribution in [0.5, 0.6) is 0 Å². The number of Topliss-reactive ketones (excluding diaryl/α,β-unsaturated/α-hetero) is 1. The zero-order valence-corrected chi connectivity index (χ0v) is 21.1. The number of carbonyl (C=O) groups is 2. The molecule has 34 heavy (non-hydrogen) atoms. The van der Waals surface area contributed by atoms with Crippen LogP contribution < -0.4 is 4.90 Å². The van der Waals surface area contributed by atoms with Gasteiger partial charge in [-0.25, -0.2) is 0 Å². The Morgan fingerprint density at radius 1 is 0.912 bits per heavy atom. The van der Waals surface area contributed by atoms with Gasteiger partial charge in [0.1, 0.15) is 0 Å². The summed E-state index contributed by atoms with van der Waals surface area (Å²) in [5.74, 6) is -0.724. The highest BCUT2D eigenvalue weighted by atomic mass is 35.5. The molecule has 4 nitrogen and oxygen atoms in total. The van der Waals surface area contributed by atoms with Gasteiger partial charge in [-0.2, -0.15) is 0 Å². The number of halogens is 1. The van der Waals surface area contributed by atoms with E-state index in [0.29, 0.717) is 34.8 Å². The van der Waals surface area contributed by atoms with Crippen molar-refractivity contribution in [2.75, 3.05) is 11.4 Å². The average Bonchev–Trinajstić information content (AvgIpc) is 3.01. The first-order valence-electron chi connectivity index (χ1n) is 11.5. The standard InChI is InChI=1S/C29H30ClNO3/c1-17-18(2)20(4)27(21(5)19(17)3)26(32)16-29(34)24-15-23(30)11-12-25(24)31(28(29)33)14-13-22-9-7-6-8-10-22/h6-12,15,34H,13-14,16H2,1-5H3/t29-/m1/s1. The molecule has 4 rings (SSSR count). The van der Waals surface area contributed by atoms with E-state index in [1.165, 1.54) is 0 Å².